The maximum absolute atomic E-state index is 4.40. The van der Waals surface area contributed by atoms with Gasteiger partial charge in [0.15, 0.2) is 5.96 Å². The Labute approximate surface area is 121 Å². The fraction of sp³-hybridized carbons (Fsp3) is 0.933. The SMILES string of the molecule is CN=C(NCC1(C2CC2)CC1)NC1CCC(SC)C1. The number of aliphatic imine (C=N–C) groups is 1. The molecule has 108 valence electrons. The number of guanidine groups is 1. The van der Waals surface area contributed by atoms with Crippen LogP contribution in [0.4, 0.5) is 0 Å². The van der Waals surface area contributed by atoms with Gasteiger partial charge in [0.05, 0.1) is 0 Å². The van der Waals surface area contributed by atoms with Crippen molar-refractivity contribution in [3.05, 3.63) is 0 Å². The van der Waals surface area contributed by atoms with Crippen LogP contribution in [-0.2, 0) is 0 Å². The van der Waals surface area contributed by atoms with Crippen molar-refractivity contribution in [3.63, 3.8) is 0 Å². The molecule has 3 rings (SSSR count). The highest BCUT2D eigenvalue weighted by Crippen LogP contribution is 2.60. The average Bonchev–Trinajstić information content (AvgIpc) is 3.32. The third-order valence-electron chi connectivity index (χ3n) is 5.23. The van der Waals surface area contributed by atoms with Gasteiger partial charge in [0, 0.05) is 24.9 Å². The molecule has 0 amide bonds. The summed E-state index contributed by atoms with van der Waals surface area (Å²) in [4.78, 5) is 4.40. The van der Waals surface area contributed by atoms with Crippen LogP contribution in [0.1, 0.15) is 44.9 Å². The minimum Gasteiger partial charge on any atom is -0.356 e. The number of nitrogens with zero attached hydrogens (tertiary/aromatic N) is 1. The molecule has 2 unspecified atom stereocenters. The van der Waals surface area contributed by atoms with Crippen LogP contribution < -0.4 is 10.6 Å². The number of nitrogens with one attached hydrogen (secondary N) is 2. The highest BCUT2D eigenvalue weighted by Gasteiger charge is 2.53. The third kappa shape index (κ3) is 3.21. The Balaban J connectivity index is 1.43. The monoisotopic (exact) mass is 281 g/mol. The van der Waals surface area contributed by atoms with E-state index in [9.17, 15) is 0 Å². The van der Waals surface area contributed by atoms with Crippen LogP contribution >= 0.6 is 11.8 Å². The predicted octanol–water partition coefficient (Wildman–Crippen LogP) is 2.63. The van der Waals surface area contributed by atoms with Gasteiger partial charge in [-0.05, 0) is 62.5 Å². The lowest BCUT2D eigenvalue weighted by Crippen LogP contribution is -2.44. The summed E-state index contributed by atoms with van der Waals surface area (Å²) in [5.41, 5.74) is 0.648. The zero-order valence-electron chi connectivity index (χ0n) is 12.2. The number of rotatable bonds is 5. The second kappa shape index (κ2) is 5.55. The zero-order valence-corrected chi connectivity index (χ0v) is 13.1. The van der Waals surface area contributed by atoms with Crippen LogP contribution in [0.5, 0.6) is 0 Å². The summed E-state index contributed by atoms with van der Waals surface area (Å²) in [6, 6.07) is 0.625. The van der Waals surface area contributed by atoms with Gasteiger partial charge >= 0.3 is 0 Å². The van der Waals surface area contributed by atoms with E-state index in [1.54, 1.807) is 0 Å². The van der Waals surface area contributed by atoms with Gasteiger partial charge in [0.25, 0.3) is 0 Å². The molecule has 3 aliphatic rings. The van der Waals surface area contributed by atoms with Crippen LogP contribution in [0, 0.1) is 11.3 Å². The molecule has 2 N–H and O–H groups in total. The van der Waals surface area contributed by atoms with E-state index in [4.69, 9.17) is 0 Å². The molecule has 0 radical (unpaired) electrons. The Morgan fingerprint density at radius 2 is 2.05 bits per heavy atom. The molecule has 0 spiro atoms. The summed E-state index contributed by atoms with van der Waals surface area (Å²) in [7, 11) is 1.90. The second-order valence-electron chi connectivity index (χ2n) is 6.57. The number of hydrogen-bond acceptors (Lipinski definition) is 2. The van der Waals surface area contributed by atoms with Crippen LogP contribution in [0.3, 0.4) is 0 Å². The van der Waals surface area contributed by atoms with Gasteiger partial charge in [-0.15, -0.1) is 0 Å². The van der Waals surface area contributed by atoms with Gasteiger partial charge in [0.1, 0.15) is 0 Å². The standard InChI is InChI=1S/C15H27N3S/c1-16-14(18-12-5-6-13(9-12)19-2)17-10-15(7-8-15)11-3-4-11/h11-13H,3-10H2,1-2H3,(H2,16,17,18). The lowest BCUT2D eigenvalue weighted by atomic mass is 10.0. The molecule has 3 fully saturated rings. The first-order chi connectivity index (χ1) is 9.25. The molecule has 4 heteroatoms. The first-order valence-electron chi connectivity index (χ1n) is 7.76. The zero-order chi connectivity index (χ0) is 13.3. The van der Waals surface area contributed by atoms with Crippen molar-refractivity contribution in [2.45, 2.75) is 56.2 Å². The molecular formula is C15H27N3S. The summed E-state index contributed by atoms with van der Waals surface area (Å²) >= 11 is 2.01. The largest absolute Gasteiger partial charge is 0.356 e. The van der Waals surface area contributed by atoms with Crippen molar-refractivity contribution >= 4 is 17.7 Å². The van der Waals surface area contributed by atoms with Gasteiger partial charge in [-0.1, -0.05) is 0 Å². The Kier molecular flexibility index (Phi) is 3.97. The number of hydrogen-bond donors (Lipinski definition) is 2. The van der Waals surface area contributed by atoms with E-state index in [1.165, 1.54) is 44.9 Å². The molecule has 0 aliphatic heterocycles. The van der Waals surface area contributed by atoms with Crippen LogP contribution in [-0.4, -0.2) is 37.1 Å². The Bertz CT molecular complexity index is 347. The van der Waals surface area contributed by atoms with E-state index in [0.717, 1.165) is 23.7 Å². The van der Waals surface area contributed by atoms with E-state index in [0.29, 0.717) is 11.5 Å². The predicted molar refractivity (Wildman–Crippen MR) is 83.8 cm³/mol. The Hall–Kier alpha value is -0.380. The fourth-order valence-electron chi connectivity index (χ4n) is 3.52. The quantitative estimate of drug-likeness (QED) is 0.601. The van der Waals surface area contributed by atoms with E-state index in [1.807, 2.05) is 18.8 Å². The molecule has 0 saturated heterocycles. The highest BCUT2D eigenvalue weighted by molar-refractivity contribution is 7.99. The van der Waals surface area contributed by atoms with E-state index < -0.39 is 0 Å². The first kappa shape index (κ1) is 13.6. The Morgan fingerprint density at radius 3 is 2.58 bits per heavy atom. The molecule has 0 aromatic carbocycles. The normalized spacial score (nSPS) is 33.3. The molecule has 3 saturated carbocycles. The average molecular weight is 281 g/mol. The Morgan fingerprint density at radius 1 is 1.26 bits per heavy atom. The molecule has 2 atom stereocenters. The van der Waals surface area contributed by atoms with Crippen LogP contribution in [0.2, 0.25) is 0 Å². The van der Waals surface area contributed by atoms with Crippen molar-refractivity contribution in [3.8, 4) is 0 Å². The molecule has 0 aromatic heterocycles. The summed E-state index contributed by atoms with van der Waals surface area (Å²) < 4.78 is 0. The van der Waals surface area contributed by atoms with E-state index in [-0.39, 0.29) is 0 Å². The van der Waals surface area contributed by atoms with Gasteiger partial charge in [0.2, 0.25) is 0 Å². The lowest BCUT2D eigenvalue weighted by molar-refractivity contribution is 0.429. The third-order valence-corrected chi connectivity index (χ3v) is 6.32. The summed E-state index contributed by atoms with van der Waals surface area (Å²) in [5.74, 6) is 2.05. The minimum absolute atomic E-state index is 0.625. The van der Waals surface area contributed by atoms with Gasteiger partial charge in [-0.25, -0.2) is 0 Å². The molecule has 19 heavy (non-hydrogen) atoms. The van der Waals surface area contributed by atoms with Gasteiger partial charge in [-0.2, -0.15) is 11.8 Å². The van der Waals surface area contributed by atoms with Gasteiger partial charge in [-0.3, -0.25) is 4.99 Å². The molecule has 0 bridgehead atoms. The number of thioether (sulfide) groups is 1. The van der Waals surface area contributed by atoms with Gasteiger partial charge < -0.3 is 10.6 Å². The van der Waals surface area contributed by atoms with Crippen molar-refractivity contribution in [2.24, 2.45) is 16.3 Å². The van der Waals surface area contributed by atoms with Crippen molar-refractivity contribution in [1.29, 1.82) is 0 Å². The fourth-order valence-corrected chi connectivity index (χ4v) is 4.32. The van der Waals surface area contributed by atoms with Crippen LogP contribution in [0.15, 0.2) is 4.99 Å². The maximum atomic E-state index is 4.40. The second-order valence-corrected chi connectivity index (χ2v) is 7.71. The minimum atomic E-state index is 0.625. The van der Waals surface area contributed by atoms with E-state index >= 15 is 0 Å². The molecule has 3 nitrogen and oxygen atoms in total. The summed E-state index contributed by atoms with van der Waals surface area (Å²) in [6.07, 6.45) is 11.9. The lowest BCUT2D eigenvalue weighted by Gasteiger charge is -2.21. The summed E-state index contributed by atoms with van der Waals surface area (Å²) in [5, 5.41) is 8.04. The van der Waals surface area contributed by atoms with Crippen LogP contribution in [0.25, 0.3) is 0 Å². The molecular weight excluding hydrogens is 254 g/mol. The summed E-state index contributed by atoms with van der Waals surface area (Å²) in [6.45, 7) is 1.13. The van der Waals surface area contributed by atoms with Crippen molar-refractivity contribution in [1.82, 2.24) is 10.6 Å². The van der Waals surface area contributed by atoms with Crippen molar-refractivity contribution in [2.75, 3.05) is 19.8 Å². The molecule has 0 heterocycles. The van der Waals surface area contributed by atoms with Crippen molar-refractivity contribution < 1.29 is 0 Å². The smallest absolute Gasteiger partial charge is 0.191 e. The molecule has 0 aromatic rings. The highest BCUT2D eigenvalue weighted by atomic mass is 32.2. The topological polar surface area (TPSA) is 36.4 Å². The van der Waals surface area contributed by atoms with E-state index in [2.05, 4.69) is 21.9 Å². The maximum Gasteiger partial charge on any atom is 0.191 e. The molecule has 3 aliphatic carbocycles. The first-order valence-corrected chi connectivity index (χ1v) is 9.04.